The number of methoxy groups -OCH3 is 1. The molecule has 0 aromatic heterocycles. The third kappa shape index (κ3) is 6.34. The number of thioether (sulfide) groups is 1. The summed E-state index contributed by atoms with van der Waals surface area (Å²) in [6, 6.07) is 17.2. The van der Waals surface area contributed by atoms with E-state index in [0.29, 0.717) is 16.3 Å². The predicted molar refractivity (Wildman–Crippen MR) is 143 cm³/mol. The molecule has 1 heterocycles. The highest BCUT2D eigenvalue weighted by molar-refractivity contribution is 8.18. The molecule has 3 aromatic carbocycles. The number of ether oxygens (including phenoxy) is 3. The topological polar surface area (TPSA) is 82.1 Å². The molecule has 0 aliphatic carbocycles. The van der Waals surface area contributed by atoms with Gasteiger partial charge in [-0.05, 0) is 84.8 Å². The summed E-state index contributed by atoms with van der Waals surface area (Å²) < 4.78 is 16.6. The first-order valence-electron chi connectivity index (χ1n) is 11.4. The number of carbonyl (C=O) groups is 3. The number of rotatable bonds is 8. The first-order chi connectivity index (χ1) is 17.7. The highest BCUT2D eigenvalue weighted by atomic mass is 35.5. The van der Waals surface area contributed by atoms with Gasteiger partial charge in [-0.1, -0.05) is 35.9 Å². The van der Waals surface area contributed by atoms with Gasteiger partial charge in [-0.3, -0.25) is 14.5 Å². The van der Waals surface area contributed by atoms with Gasteiger partial charge in [-0.15, -0.1) is 0 Å². The van der Waals surface area contributed by atoms with Crippen LogP contribution in [0.15, 0.2) is 65.6 Å². The third-order valence-electron chi connectivity index (χ3n) is 5.54. The molecule has 37 heavy (non-hydrogen) atoms. The molecule has 0 spiro atoms. The summed E-state index contributed by atoms with van der Waals surface area (Å²) in [6.07, 6.45) is 1.58. The zero-order chi connectivity index (χ0) is 26.5. The monoisotopic (exact) mass is 537 g/mol. The molecule has 0 N–H and O–H groups in total. The molecule has 0 saturated carbocycles. The first-order valence-corrected chi connectivity index (χ1v) is 12.6. The van der Waals surface area contributed by atoms with Gasteiger partial charge in [0, 0.05) is 5.02 Å². The molecular formula is C28H24ClNO6S. The molecule has 3 aromatic rings. The van der Waals surface area contributed by atoms with E-state index in [2.05, 4.69) is 0 Å². The fourth-order valence-electron chi connectivity index (χ4n) is 3.59. The Bertz CT molecular complexity index is 1400. The van der Waals surface area contributed by atoms with E-state index in [4.69, 9.17) is 25.8 Å². The third-order valence-corrected chi connectivity index (χ3v) is 6.68. The van der Waals surface area contributed by atoms with Crippen molar-refractivity contribution in [2.24, 2.45) is 0 Å². The number of hydrogen-bond donors (Lipinski definition) is 0. The smallest absolute Gasteiger partial charge is 0.343 e. The van der Waals surface area contributed by atoms with Gasteiger partial charge >= 0.3 is 5.97 Å². The fourth-order valence-corrected chi connectivity index (χ4v) is 4.65. The van der Waals surface area contributed by atoms with Crippen LogP contribution in [-0.2, 0) is 4.79 Å². The maximum atomic E-state index is 12.9. The summed E-state index contributed by atoms with van der Waals surface area (Å²) in [7, 11) is 1.46. The molecule has 2 amide bonds. The lowest BCUT2D eigenvalue weighted by Gasteiger charge is -2.14. The molecule has 0 atom stereocenters. The summed E-state index contributed by atoms with van der Waals surface area (Å²) in [4.78, 5) is 39.5. The van der Waals surface area contributed by atoms with E-state index < -0.39 is 11.9 Å². The van der Waals surface area contributed by atoms with Crippen LogP contribution in [-0.4, -0.2) is 42.3 Å². The van der Waals surface area contributed by atoms with E-state index in [1.807, 2.05) is 32.0 Å². The van der Waals surface area contributed by atoms with Gasteiger partial charge in [-0.25, -0.2) is 4.79 Å². The lowest BCUT2D eigenvalue weighted by molar-refractivity contribution is -0.123. The van der Waals surface area contributed by atoms with Gasteiger partial charge in [0.25, 0.3) is 11.1 Å². The summed E-state index contributed by atoms with van der Waals surface area (Å²) in [5.41, 5.74) is 2.88. The highest BCUT2D eigenvalue weighted by Crippen LogP contribution is 2.35. The maximum Gasteiger partial charge on any atom is 0.343 e. The Morgan fingerprint density at radius 2 is 1.81 bits per heavy atom. The van der Waals surface area contributed by atoms with E-state index in [9.17, 15) is 14.4 Å². The predicted octanol–water partition coefficient (Wildman–Crippen LogP) is 6.30. The van der Waals surface area contributed by atoms with E-state index in [-0.39, 0.29) is 34.6 Å². The molecule has 1 saturated heterocycles. The second kappa shape index (κ2) is 11.5. The highest BCUT2D eigenvalue weighted by Gasteiger charge is 2.35. The Morgan fingerprint density at radius 1 is 1.00 bits per heavy atom. The minimum atomic E-state index is -0.609. The van der Waals surface area contributed by atoms with Crippen LogP contribution in [0, 0.1) is 13.8 Å². The van der Waals surface area contributed by atoms with Crippen molar-refractivity contribution in [3.8, 4) is 17.2 Å². The van der Waals surface area contributed by atoms with Crippen LogP contribution < -0.4 is 14.2 Å². The Morgan fingerprint density at radius 3 is 2.57 bits per heavy atom. The second-order valence-electron chi connectivity index (χ2n) is 8.26. The fraction of sp³-hybridized carbons (Fsp3) is 0.179. The number of benzene rings is 3. The van der Waals surface area contributed by atoms with Crippen molar-refractivity contribution < 1.29 is 28.6 Å². The minimum Gasteiger partial charge on any atom is -0.493 e. The zero-order valence-electron chi connectivity index (χ0n) is 20.4. The van der Waals surface area contributed by atoms with Crippen LogP contribution >= 0.6 is 23.4 Å². The minimum absolute atomic E-state index is 0.125. The van der Waals surface area contributed by atoms with Crippen molar-refractivity contribution in [2.75, 3.05) is 20.3 Å². The molecule has 9 heteroatoms. The van der Waals surface area contributed by atoms with Crippen molar-refractivity contribution >= 4 is 46.6 Å². The SMILES string of the molecule is COc1ccc(/C=C2\SC(=O)N(CCOc3cc(C)ccc3C)C2=O)cc1OC(=O)c1cccc(Cl)c1. The molecule has 1 aliphatic rings. The first kappa shape index (κ1) is 26.3. The lowest BCUT2D eigenvalue weighted by atomic mass is 10.1. The number of aryl methyl sites for hydroxylation is 2. The summed E-state index contributed by atoms with van der Waals surface area (Å²) in [6.45, 7) is 4.21. The van der Waals surface area contributed by atoms with Crippen LogP contribution in [0.2, 0.25) is 5.02 Å². The van der Waals surface area contributed by atoms with E-state index in [1.54, 1.807) is 42.5 Å². The van der Waals surface area contributed by atoms with Crippen molar-refractivity contribution in [3.05, 3.63) is 92.8 Å². The number of carbonyl (C=O) groups excluding carboxylic acids is 3. The van der Waals surface area contributed by atoms with Gasteiger partial charge < -0.3 is 14.2 Å². The largest absolute Gasteiger partial charge is 0.493 e. The van der Waals surface area contributed by atoms with Crippen LogP contribution in [0.1, 0.15) is 27.0 Å². The molecule has 0 radical (unpaired) electrons. The summed E-state index contributed by atoms with van der Waals surface area (Å²) in [5, 5.41) is 0.0345. The Labute approximate surface area is 224 Å². The number of amides is 2. The number of imide groups is 1. The average Bonchev–Trinajstić information content (AvgIpc) is 3.13. The van der Waals surface area contributed by atoms with E-state index in [0.717, 1.165) is 33.5 Å². The Balaban J connectivity index is 1.46. The van der Waals surface area contributed by atoms with Gasteiger partial charge in [0.05, 0.1) is 24.1 Å². The molecule has 0 bridgehead atoms. The number of halogens is 1. The van der Waals surface area contributed by atoms with Crippen LogP contribution in [0.5, 0.6) is 17.2 Å². The standard InChI is InChI=1S/C28H24ClNO6S/c1-17-7-8-18(2)23(13-17)35-12-11-30-26(31)25(37-28(30)33)15-19-9-10-22(34-3)24(14-19)36-27(32)20-5-4-6-21(29)16-20/h4-10,13-16H,11-12H2,1-3H3/b25-15-. The molecule has 190 valence electrons. The number of esters is 1. The van der Waals surface area contributed by atoms with Crippen LogP contribution in [0.25, 0.3) is 6.08 Å². The summed E-state index contributed by atoms with van der Waals surface area (Å²) >= 11 is 6.82. The molecule has 1 fully saturated rings. The average molecular weight is 538 g/mol. The van der Waals surface area contributed by atoms with Gasteiger partial charge in [-0.2, -0.15) is 0 Å². The van der Waals surface area contributed by atoms with Crippen molar-refractivity contribution in [1.29, 1.82) is 0 Å². The van der Waals surface area contributed by atoms with Gasteiger partial charge in [0.2, 0.25) is 0 Å². The summed E-state index contributed by atoms with van der Waals surface area (Å²) in [5.74, 6) is 0.210. The number of hydrogen-bond acceptors (Lipinski definition) is 7. The zero-order valence-corrected chi connectivity index (χ0v) is 22.0. The second-order valence-corrected chi connectivity index (χ2v) is 9.69. The molecule has 1 aliphatic heterocycles. The quantitative estimate of drug-likeness (QED) is 0.189. The Kier molecular flexibility index (Phi) is 8.21. The van der Waals surface area contributed by atoms with Crippen LogP contribution in [0.4, 0.5) is 4.79 Å². The lowest BCUT2D eigenvalue weighted by Crippen LogP contribution is -2.32. The number of nitrogens with zero attached hydrogens (tertiary/aromatic N) is 1. The normalized spacial score (nSPS) is 14.3. The van der Waals surface area contributed by atoms with Crippen LogP contribution in [0.3, 0.4) is 0 Å². The Hall–Kier alpha value is -3.75. The maximum absolute atomic E-state index is 12.9. The van der Waals surface area contributed by atoms with E-state index >= 15 is 0 Å². The molecular weight excluding hydrogens is 514 g/mol. The van der Waals surface area contributed by atoms with Crippen molar-refractivity contribution in [1.82, 2.24) is 4.90 Å². The molecule has 4 rings (SSSR count). The molecule has 0 unspecified atom stereocenters. The molecule has 7 nitrogen and oxygen atoms in total. The van der Waals surface area contributed by atoms with Crippen molar-refractivity contribution in [2.45, 2.75) is 13.8 Å². The van der Waals surface area contributed by atoms with Crippen molar-refractivity contribution in [3.63, 3.8) is 0 Å². The van der Waals surface area contributed by atoms with E-state index in [1.165, 1.54) is 13.2 Å². The van der Waals surface area contributed by atoms with Gasteiger partial charge in [0.15, 0.2) is 11.5 Å². The van der Waals surface area contributed by atoms with Gasteiger partial charge in [0.1, 0.15) is 12.4 Å².